The van der Waals surface area contributed by atoms with Gasteiger partial charge >= 0.3 is 0 Å². The molecule has 0 atom stereocenters. The lowest BCUT2D eigenvalue weighted by Gasteiger charge is -2.10. The lowest BCUT2D eigenvalue weighted by Crippen LogP contribution is -2.14. The molecular weight excluding hydrogens is 307 g/mol. The van der Waals surface area contributed by atoms with Gasteiger partial charge in [0.15, 0.2) is 0 Å². The molecule has 0 heterocycles. The maximum Gasteiger partial charge on any atom is 0.263 e. The Balaban J connectivity index is 2.39. The van der Waals surface area contributed by atoms with Gasteiger partial charge < -0.3 is 5.73 Å². The Labute approximate surface area is 121 Å². The highest BCUT2D eigenvalue weighted by molar-refractivity contribution is 7.92. The van der Waals surface area contributed by atoms with Crippen LogP contribution in [-0.4, -0.2) is 8.42 Å². The van der Waals surface area contributed by atoms with Crippen LogP contribution in [0.1, 0.15) is 0 Å². The standard InChI is InChI=1S/C12H10Cl2N2O2S/c13-8-5-9(14)7-10(6-8)16-19(17,18)12-4-2-1-3-11(12)15/h1-7,16H,15H2. The zero-order valence-corrected chi connectivity index (χ0v) is 11.9. The third-order valence-electron chi connectivity index (χ3n) is 2.32. The first kappa shape index (κ1) is 14.0. The largest absolute Gasteiger partial charge is 0.398 e. The molecule has 0 bridgehead atoms. The van der Waals surface area contributed by atoms with Crippen LogP contribution in [0.3, 0.4) is 0 Å². The molecule has 0 aromatic heterocycles. The third kappa shape index (κ3) is 3.32. The average Bonchev–Trinajstić information content (AvgIpc) is 2.26. The maximum atomic E-state index is 12.2. The molecule has 2 aromatic carbocycles. The van der Waals surface area contributed by atoms with Gasteiger partial charge in [-0.3, -0.25) is 4.72 Å². The van der Waals surface area contributed by atoms with Crippen LogP contribution in [0.4, 0.5) is 11.4 Å². The molecule has 0 unspecified atom stereocenters. The van der Waals surface area contributed by atoms with Gasteiger partial charge in [-0.2, -0.15) is 0 Å². The van der Waals surface area contributed by atoms with E-state index in [1.807, 2.05) is 0 Å². The monoisotopic (exact) mass is 316 g/mol. The van der Waals surface area contributed by atoms with E-state index in [9.17, 15) is 8.42 Å². The van der Waals surface area contributed by atoms with Crippen LogP contribution >= 0.6 is 23.2 Å². The molecular formula is C12H10Cl2N2O2S. The lowest BCUT2D eigenvalue weighted by atomic mass is 10.3. The SMILES string of the molecule is Nc1ccccc1S(=O)(=O)Nc1cc(Cl)cc(Cl)c1. The van der Waals surface area contributed by atoms with Crippen molar-refractivity contribution in [2.24, 2.45) is 0 Å². The highest BCUT2D eigenvalue weighted by atomic mass is 35.5. The van der Waals surface area contributed by atoms with E-state index in [0.717, 1.165) is 0 Å². The summed E-state index contributed by atoms with van der Waals surface area (Å²) in [6.07, 6.45) is 0. The molecule has 0 spiro atoms. The zero-order chi connectivity index (χ0) is 14.0. The molecule has 19 heavy (non-hydrogen) atoms. The van der Waals surface area contributed by atoms with Crippen molar-refractivity contribution in [2.45, 2.75) is 4.90 Å². The van der Waals surface area contributed by atoms with Crippen molar-refractivity contribution in [3.8, 4) is 0 Å². The van der Waals surface area contributed by atoms with Gasteiger partial charge in [0.1, 0.15) is 4.90 Å². The van der Waals surface area contributed by atoms with Crippen molar-refractivity contribution in [3.05, 3.63) is 52.5 Å². The van der Waals surface area contributed by atoms with E-state index in [2.05, 4.69) is 4.72 Å². The highest BCUT2D eigenvalue weighted by Gasteiger charge is 2.17. The third-order valence-corrected chi connectivity index (χ3v) is 4.21. The van der Waals surface area contributed by atoms with E-state index in [-0.39, 0.29) is 16.3 Å². The molecule has 2 rings (SSSR count). The van der Waals surface area contributed by atoms with Crippen LogP contribution in [-0.2, 0) is 10.0 Å². The van der Waals surface area contributed by atoms with E-state index in [0.29, 0.717) is 10.0 Å². The normalized spacial score (nSPS) is 11.3. The lowest BCUT2D eigenvalue weighted by molar-refractivity contribution is 0.601. The van der Waals surface area contributed by atoms with E-state index >= 15 is 0 Å². The van der Waals surface area contributed by atoms with Gasteiger partial charge in [-0.05, 0) is 30.3 Å². The number of hydrogen-bond acceptors (Lipinski definition) is 3. The van der Waals surface area contributed by atoms with E-state index in [1.54, 1.807) is 12.1 Å². The molecule has 0 fully saturated rings. The molecule has 0 aliphatic rings. The number of hydrogen-bond donors (Lipinski definition) is 2. The Morgan fingerprint density at radius 3 is 2.16 bits per heavy atom. The molecule has 100 valence electrons. The van der Waals surface area contributed by atoms with Crippen molar-refractivity contribution in [2.75, 3.05) is 10.5 Å². The number of sulfonamides is 1. The summed E-state index contributed by atoms with van der Waals surface area (Å²) in [5, 5.41) is 0.678. The molecule has 2 aromatic rings. The average molecular weight is 317 g/mol. The van der Waals surface area contributed by atoms with Crippen LogP contribution in [0.2, 0.25) is 10.0 Å². The molecule has 0 saturated heterocycles. The van der Waals surface area contributed by atoms with Crippen molar-refractivity contribution < 1.29 is 8.42 Å². The minimum Gasteiger partial charge on any atom is -0.398 e. The van der Waals surface area contributed by atoms with Gasteiger partial charge in [0.25, 0.3) is 10.0 Å². The summed E-state index contributed by atoms with van der Waals surface area (Å²) in [6.45, 7) is 0. The van der Waals surface area contributed by atoms with Crippen LogP contribution in [0, 0.1) is 0 Å². The predicted molar refractivity (Wildman–Crippen MR) is 78.1 cm³/mol. The van der Waals surface area contributed by atoms with E-state index in [1.165, 1.54) is 30.3 Å². The summed E-state index contributed by atoms with van der Waals surface area (Å²) < 4.78 is 26.7. The Kier molecular flexibility index (Phi) is 3.89. The second-order valence-corrected chi connectivity index (χ2v) is 6.33. The number of benzene rings is 2. The van der Waals surface area contributed by atoms with Gasteiger partial charge in [-0.25, -0.2) is 8.42 Å². The van der Waals surface area contributed by atoms with Crippen LogP contribution in [0.25, 0.3) is 0 Å². The van der Waals surface area contributed by atoms with Gasteiger partial charge in [-0.15, -0.1) is 0 Å². The summed E-state index contributed by atoms with van der Waals surface area (Å²) in [5.74, 6) is 0. The number of para-hydroxylation sites is 1. The van der Waals surface area contributed by atoms with Gasteiger partial charge in [-0.1, -0.05) is 35.3 Å². The van der Waals surface area contributed by atoms with Gasteiger partial charge in [0.2, 0.25) is 0 Å². The van der Waals surface area contributed by atoms with Crippen LogP contribution in [0.15, 0.2) is 47.4 Å². The Morgan fingerprint density at radius 1 is 1.00 bits per heavy atom. The molecule has 3 N–H and O–H groups in total. The minimum absolute atomic E-state index is 0.00565. The molecule has 0 aliphatic carbocycles. The number of rotatable bonds is 3. The fourth-order valence-electron chi connectivity index (χ4n) is 1.55. The van der Waals surface area contributed by atoms with Gasteiger partial charge in [0, 0.05) is 10.0 Å². The van der Waals surface area contributed by atoms with Crippen molar-refractivity contribution in [1.29, 1.82) is 0 Å². The summed E-state index contributed by atoms with van der Waals surface area (Å²) in [5.41, 5.74) is 6.10. The number of halogens is 2. The Hall–Kier alpha value is -1.43. The predicted octanol–water partition coefficient (Wildman–Crippen LogP) is 3.38. The van der Waals surface area contributed by atoms with Crippen molar-refractivity contribution >= 4 is 44.6 Å². The first-order valence-corrected chi connectivity index (χ1v) is 7.46. The van der Waals surface area contributed by atoms with Crippen molar-refractivity contribution in [1.82, 2.24) is 0 Å². The number of nitrogens with two attached hydrogens (primary N) is 1. The summed E-state index contributed by atoms with van der Waals surface area (Å²) in [7, 11) is -3.77. The molecule has 0 saturated carbocycles. The summed E-state index contributed by atoms with van der Waals surface area (Å²) in [6, 6.07) is 10.6. The smallest absolute Gasteiger partial charge is 0.263 e. The number of nitrogen functional groups attached to an aromatic ring is 1. The van der Waals surface area contributed by atoms with E-state index in [4.69, 9.17) is 28.9 Å². The quantitative estimate of drug-likeness (QED) is 0.853. The Bertz CT molecular complexity index is 697. The first-order chi connectivity index (χ1) is 8.88. The second kappa shape index (κ2) is 5.28. The molecule has 0 radical (unpaired) electrons. The highest BCUT2D eigenvalue weighted by Crippen LogP contribution is 2.26. The van der Waals surface area contributed by atoms with Crippen LogP contribution < -0.4 is 10.5 Å². The fourth-order valence-corrected chi connectivity index (χ4v) is 3.25. The molecule has 0 aliphatic heterocycles. The van der Waals surface area contributed by atoms with Crippen LogP contribution in [0.5, 0.6) is 0 Å². The molecule has 7 heteroatoms. The molecule has 4 nitrogen and oxygen atoms in total. The summed E-state index contributed by atoms with van der Waals surface area (Å²) >= 11 is 11.6. The topological polar surface area (TPSA) is 72.2 Å². The number of nitrogens with one attached hydrogen (secondary N) is 1. The second-order valence-electron chi connectivity index (χ2n) is 3.80. The molecule has 0 amide bonds. The first-order valence-electron chi connectivity index (χ1n) is 5.22. The van der Waals surface area contributed by atoms with Gasteiger partial charge in [0.05, 0.1) is 11.4 Å². The summed E-state index contributed by atoms with van der Waals surface area (Å²) in [4.78, 5) is 0.00565. The Morgan fingerprint density at radius 2 is 1.58 bits per heavy atom. The zero-order valence-electron chi connectivity index (χ0n) is 9.60. The van der Waals surface area contributed by atoms with Crippen molar-refractivity contribution in [3.63, 3.8) is 0 Å². The maximum absolute atomic E-state index is 12.2. The fraction of sp³-hybridized carbons (Fsp3) is 0. The minimum atomic E-state index is -3.77. The van der Waals surface area contributed by atoms with E-state index < -0.39 is 10.0 Å². The number of anilines is 2.